The molecule has 0 spiro atoms. The first kappa shape index (κ1) is 26.8. The fraction of sp³-hybridized carbons (Fsp3) is 0. The van der Waals surface area contributed by atoms with Crippen molar-refractivity contribution in [2.45, 2.75) is 0 Å². The second kappa shape index (κ2) is 11.1. The summed E-state index contributed by atoms with van der Waals surface area (Å²) >= 11 is 0. The zero-order chi connectivity index (χ0) is 31.2. The van der Waals surface area contributed by atoms with Crippen LogP contribution in [0.2, 0.25) is 0 Å². The second-order valence-corrected chi connectivity index (χ2v) is 11.3. The zero-order valence-corrected chi connectivity index (χ0v) is 25.1. The first-order valence-electron chi connectivity index (χ1n) is 15.4. The van der Waals surface area contributed by atoms with Crippen molar-refractivity contribution in [3.8, 4) is 56.5 Å². The summed E-state index contributed by atoms with van der Waals surface area (Å²) in [6.45, 7) is 0. The summed E-state index contributed by atoms with van der Waals surface area (Å²) in [4.78, 5) is 24.5. The van der Waals surface area contributed by atoms with Crippen LogP contribution in [0.4, 0.5) is 0 Å². The fourth-order valence-corrected chi connectivity index (χ4v) is 6.24. The summed E-state index contributed by atoms with van der Waals surface area (Å²) in [5, 5.41) is 3.11. The highest BCUT2D eigenvalue weighted by Gasteiger charge is 2.18. The van der Waals surface area contributed by atoms with Gasteiger partial charge in [0.15, 0.2) is 23.1 Å². The van der Waals surface area contributed by atoms with E-state index in [2.05, 4.69) is 47.4 Å². The highest BCUT2D eigenvalue weighted by atomic mass is 16.3. The molecule has 0 N–H and O–H groups in total. The van der Waals surface area contributed by atoms with Gasteiger partial charge in [0, 0.05) is 45.6 Å². The van der Waals surface area contributed by atoms with Gasteiger partial charge in [-0.25, -0.2) is 15.0 Å². The molecule has 0 saturated heterocycles. The number of hydrogen-bond acceptors (Lipinski definition) is 6. The maximum Gasteiger partial charge on any atom is 0.164 e. The molecule has 0 aliphatic carbocycles. The number of rotatable bonds is 5. The minimum Gasteiger partial charge on any atom is -0.454 e. The highest BCUT2D eigenvalue weighted by Crippen LogP contribution is 2.40. The van der Waals surface area contributed by atoms with E-state index in [-0.39, 0.29) is 0 Å². The van der Waals surface area contributed by atoms with Gasteiger partial charge in [-0.15, -0.1) is 0 Å². The summed E-state index contributed by atoms with van der Waals surface area (Å²) in [5.74, 6) is 1.87. The molecule has 9 aromatic rings. The van der Waals surface area contributed by atoms with Crippen molar-refractivity contribution < 1.29 is 4.42 Å². The van der Waals surface area contributed by atoms with Gasteiger partial charge in [0.05, 0.1) is 11.1 Å². The Labute approximate surface area is 270 Å². The standard InChI is InChI=1S/C41H25N5O/c1-3-12-26(13-4-1)39-44-40(27-14-5-2-6-15-27)46-41(45-39)29-17-9-16-28(24-29)33-25-43-37(31-19-8-7-18-30(31)33)32-20-10-21-34-36(32)38-35(47-34)22-11-23-42-38/h1-25H. The average Bonchev–Trinajstić information content (AvgIpc) is 3.54. The zero-order valence-electron chi connectivity index (χ0n) is 25.1. The molecule has 0 aliphatic rings. The highest BCUT2D eigenvalue weighted by molar-refractivity contribution is 6.14. The molecule has 4 aromatic heterocycles. The van der Waals surface area contributed by atoms with Crippen molar-refractivity contribution in [3.63, 3.8) is 0 Å². The van der Waals surface area contributed by atoms with E-state index in [4.69, 9.17) is 24.4 Å². The quantitative estimate of drug-likeness (QED) is 0.195. The molecule has 0 aliphatic heterocycles. The van der Waals surface area contributed by atoms with Gasteiger partial charge in [-0.05, 0) is 35.2 Å². The van der Waals surface area contributed by atoms with E-state index in [0.29, 0.717) is 17.5 Å². The lowest BCUT2D eigenvalue weighted by Crippen LogP contribution is -2.00. The Morgan fingerprint density at radius 1 is 0.426 bits per heavy atom. The van der Waals surface area contributed by atoms with Crippen molar-refractivity contribution >= 4 is 32.8 Å². The van der Waals surface area contributed by atoms with Gasteiger partial charge in [0.2, 0.25) is 0 Å². The van der Waals surface area contributed by atoms with E-state index in [9.17, 15) is 0 Å². The lowest BCUT2D eigenvalue weighted by atomic mass is 9.95. The van der Waals surface area contributed by atoms with Crippen LogP contribution >= 0.6 is 0 Å². The smallest absolute Gasteiger partial charge is 0.164 e. The topological polar surface area (TPSA) is 77.6 Å². The van der Waals surface area contributed by atoms with E-state index in [1.165, 1.54) is 0 Å². The van der Waals surface area contributed by atoms with Crippen LogP contribution in [0.1, 0.15) is 0 Å². The Morgan fingerprint density at radius 2 is 1.02 bits per heavy atom. The van der Waals surface area contributed by atoms with Gasteiger partial charge in [0.25, 0.3) is 0 Å². The van der Waals surface area contributed by atoms with Crippen molar-refractivity contribution in [2.75, 3.05) is 0 Å². The number of nitrogens with zero attached hydrogens (tertiary/aromatic N) is 5. The normalized spacial score (nSPS) is 11.4. The number of hydrogen-bond donors (Lipinski definition) is 0. The maximum atomic E-state index is 6.14. The van der Waals surface area contributed by atoms with Gasteiger partial charge in [0.1, 0.15) is 11.1 Å². The third-order valence-electron chi connectivity index (χ3n) is 8.44. The third kappa shape index (κ3) is 4.71. The number of aromatic nitrogens is 5. The lowest BCUT2D eigenvalue weighted by molar-refractivity contribution is 0.668. The molecule has 0 radical (unpaired) electrons. The summed E-state index contributed by atoms with van der Waals surface area (Å²) < 4.78 is 6.14. The summed E-state index contributed by atoms with van der Waals surface area (Å²) in [7, 11) is 0. The summed E-state index contributed by atoms with van der Waals surface area (Å²) in [5.41, 5.74) is 9.08. The predicted molar refractivity (Wildman–Crippen MR) is 187 cm³/mol. The van der Waals surface area contributed by atoms with Crippen LogP contribution in [0.25, 0.3) is 89.4 Å². The third-order valence-corrected chi connectivity index (χ3v) is 8.44. The van der Waals surface area contributed by atoms with E-state index in [1.807, 2.05) is 103 Å². The van der Waals surface area contributed by atoms with Crippen molar-refractivity contribution in [3.05, 3.63) is 152 Å². The molecular weight excluding hydrogens is 578 g/mol. The van der Waals surface area contributed by atoms with Gasteiger partial charge in [-0.3, -0.25) is 9.97 Å². The molecule has 0 bridgehead atoms. The maximum absolute atomic E-state index is 6.14. The van der Waals surface area contributed by atoms with Crippen LogP contribution in [0.15, 0.2) is 156 Å². The minimum absolute atomic E-state index is 0.611. The Kier molecular flexibility index (Phi) is 6.35. The first-order chi connectivity index (χ1) is 23.3. The van der Waals surface area contributed by atoms with Crippen LogP contribution < -0.4 is 0 Å². The molecular formula is C41H25N5O. The van der Waals surface area contributed by atoms with E-state index >= 15 is 0 Å². The monoisotopic (exact) mass is 603 g/mol. The molecule has 0 unspecified atom stereocenters. The minimum atomic E-state index is 0.611. The summed E-state index contributed by atoms with van der Waals surface area (Å²) in [6, 6.07) is 46.7. The Bertz CT molecular complexity index is 2520. The molecule has 0 fully saturated rings. The van der Waals surface area contributed by atoms with Crippen LogP contribution in [0.5, 0.6) is 0 Å². The molecule has 9 rings (SSSR count). The number of furan rings is 1. The van der Waals surface area contributed by atoms with Gasteiger partial charge in [-0.2, -0.15) is 0 Å². The molecule has 6 nitrogen and oxygen atoms in total. The van der Waals surface area contributed by atoms with E-state index in [0.717, 1.165) is 71.9 Å². The molecule has 6 heteroatoms. The largest absolute Gasteiger partial charge is 0.454 e. The molecule has 220 valence electrons. The molecule has 5 aromatic carbocycles. The number of fused-ring (bicyclic) bond motifs is 4. The second-order valence-electron chi connectivity index (χ2n) is 11.3. The first-order valence-corrected chi connectivity index (χ1v) is 15.4. The summed E-state index contributed by atoms with van der Waals surface area (Å²) in [6.07, 6.45) is 3.76. The molecule has 0 amide bonds. The molecule has 0 saturated carbocycles. The van der Waals surface area contributed by atoms with Crippen LogP contribution in [0.3, 0.4) is 0 Å². The average molecular weight is 604 g/mol. The van der Waals surface area contributed by atoms with Gasteiger partial charge < -0.3 is 4.42 Å². The van der Waals surface area contributed by atoms with Crippen molar-refractivity contribution in [2.24, 2.45) is 0 Å². The van der Waals surface area contributed by atoms with Gasteiger partial charge in [-0.1, -0.05) is 115 Å². The van der Waals surface area contributed by atoms with E-state index < -0.39 is 0 Å². The molecule has 4 heterocycles. The SMILES string of the molecule is c1ccc(-c2nc(-c3ccccc3)nc(-c3cccc(-c4cnc(-c5cccc6oc7cccnc7c56)c5ccccc45)c3)n2)cc1. The fourth-order valence-electron chi connectivity index (χ4n) is 6.24. The molecule has 0 atom stereocenters. The van der Waals surface area contributed by atoms with Crippen molar-refractivity contribution in [1.82, 2.24) is 24.9 Å². The van der Waals surface area contributed by atoms with Crippen molar-refractivity contribution in [1.29, 1.82) is 0 Å². The number of benzene rings is 5. The number of pyridine rings is 2. The van der Waals surface area contributed by atoms with E-state index in [1.54, 1.807) is 6.20 Å². The van der Waals surface area contributed by atoms with Crippen LogP contribution in [-0.2, 0) is 0 Å². The Balaban J connectivity index is 1.20. The van der Waals surface area contributed by atoms with Crippen LogP contribution in [0, 0.1) is 0 Å². The Morgan fingerprint density at radius 3 is 1.77 bits per heavy atom. The Hall–Kier alpha value is -6.53. The molecule has 47 heavy (non-hydrogen) atoms. The van der Waals surface area contributed by atoms with Crippen LogP contribution in [-0.4, -0.2) is 24.9 Å². The lowest BCUT2D eigenvalue weighted by Gasteiger charge is -2.13. The van der Waals surface area contributed by atoms with Gasteiger partial charge >= 0.3 is 0 Å². The predicted octanol–water partition coefficient (Wildman–Crippen LogP) is 10.0.